The number of carbonyl (C=O) groups is 3. The molecular weight excluding hydrogens is 454 g/mol. The summed E-state index contributed by atoms with van der Waals surface area (Å²) in [6.45, 7) is 19.9. The summed E-state index contributed by atoms with van der Waals surface area (Å²) in [5.41, 5.74) is 2.05. The number of carbonyl (C=O) groups excluding carboxylic acids is 3. The Balaban J connectivity index is 3.43. The van der Waals surface area contributed by atoms with E-state index < -0.39 is 23.8 Å². The molecule has 0 saturated carbocycles. The highest BCUT2D eigenvalue weighted by atomic mass is 16.6. The SMILES string of the molecule is C=CCN(C(=O)C(CC(C)C)NC(=O)OC(C)(C)C)C(C(=O)NCCCCC)c1ccc(C)cc1C. The van der Waals surface area contributed by atoms with Crippen LogP contribution in [0.1, 0.15) is 90.0 Å². The van der Waals surface area contributed by atoms with Gasteiger partial charge in [0.25, 0.3) is 0 Å². The van der Waals surface area contributed by atoms with Crippen LogP contribution in [-0.4, -0.2) is 47.5 Å². The minimum Gasteiger partial charge on any atom is -0.444 e. The molecule has 0 aromatic heterocycles. The van der Waals surface area contributed by atoms with Crippen LogP contribution in [0.4, 0.5) is 4.79 Å². The molecule has 0 aliphatic heterocycles. The first-order valence-corrected chi connectivity index (χ1v) is 13.1. The molecule has 0 aliphatic carbocycles. The Morgan fingerprint density at radius 1 is 1.14 bits per heavy atom. The summed E-state index contributed by atoms with van der Waals surface area (Å²) >= 11 is 0. The molecule has 3 amide bonds. The third kappa shape index (κ3) is 10.4. The Morgan fingerprint density at radius 3 is 2.33 bits per heavy atom. The highest BCUT2D eigenvalue weighted by Gasteiger charge is 2.36. The number of benzene rings is 1. The number of nitrogens with zero attached hydrogens (tertiary/aromatic N) is 1. The van der Waals surface area contributed by atoms with Crippen molar-refractivity contribution in [2.75, 3.05) is 13.1 Å². The van der Waals surface area contributed by atoms with Gasteiger partial charge in [0.05, 0.1) is 0 Å². The Kier molecular flexibility index (Phi) is 12.7. The molecule has 0 saturated heterocycles. The number of nitrogens with one attached hydrogen (secondary N) is 2. The number of amides is 3. The van der Waals surface area contributed by atoms with E-state index in [1.54, 1.807) is 26.8 Å². The molecular formula is C29H47N3O4. The monoisotopic (exact) mass is 501 g/mol. The lowest BCUT2D eigenvalue weighted by Gasteiger charge is -2.35. The van der Waals surface area contributed by atoms with Crippen molar-refractivity contribution in [3.8, 4) is 0 Å². The van der Waals surface area contributed by atoms with E-state index in [0.717, 1.165) is 36.0 Å². The van der Waals surface area contributed by atoms with Gasteiger partial charge < -0.3 is 20.3 Å². The van der Waals surface area contributed by atoms with E-state index >= 15 is 0 Å². The van der Waals surface area contributed by atoms with Gasteiger partial charge in [-0.1, -0.05) is 63.5 Å². The minimum absolute atomic E-state index is 0.127. The second-order valence-electron chi connectivity index (χ2n) is 10.9. The van der Waals surface area contributed by atoms with Gasteiger partial charge in [0.15, 0.2) is 0 Å². The summed E-state index contributed by atoms with van der Waals surface area (Å²) in [7, 11) is 0. The summed E-state index contributed by atoms with van der Waals surface area (Å²) in [5, 5.41) is 5.78. The van der Waals surface area contributed by atoms with Crippen molar-refractivity contribution in [2.24, 2.45) is 5.92 Å². The Bertz CT molecular complexity index is 889. The van der Waals surface area contributed by atoms with Crippen molar-refractivity contribution in [3.63, 3.8) is 0 Å². The lowest BCUT2D eigenvalue weighted by molar-refractivity contribution is -0.142. The van der Waals surface area contributed by atoms with Gasteiger partial charge in [-0.15, -0.1) is 6.58 Å². The molecule has 0 bridgehead atoms. The molecule has 2 N–H and O–H groups in total. The fourth-order valence-corrected chi connectivity index (χ4v) is 4.07. The molecule has 0 aliphatic rings. The number of hydrogen-bond donors (Lipinski definition) is 2. The molecule has 1 rings (SSSR count). The first kappa shape index (κ1) is 31.2. The maximum Gasteiger partial charge on any atom is 0.408 e. The molecule has 202 valence electrons. The Hall–Kier alpha value is -2.83. The number of alkyl carbamates (subject to hydrolysis) is 1. The Morgan fingerprint density at radius 2 is 1.81 bits per heavy atom. The summed E-state index contributed by atoms with van der Waals surface area (Å²) in [5.74, 6) is -0.459. The van der Waals surface area contributed by atoms with Gasteiger partial charge in [0.2, 0.25) is 11.8 Å². The van der Waals surface area contributed by atoms with E-state index in [1.807, 2.05) is 45.9 Å². The van der Waals surface area contributed by atoms with Crippen LogP contribution >= 0.6 is 0 Å². The molecule has 1 aromatic carbocycles. The fraction of sp³-hybridized carbons (Fsp3) is 0.621. The Labute approximate surface area is 218 Å². The average Bonchev–Trinajstić information content (AvgIpc) is 2.75. The molecule has 0 heterocycles. The van der Waals surface area contributed by atoms with Crippen molar-refractivity contribution in [3.05, 3.63) is 47.5 Å². The van der Waals surface area contributed by atoms with Crippen LogP contribution in [-0.2, 0) is 14.3 Å². The van der Waals surface area contributed by atoms with E-state index in [2.05, 4.69) is 24.1 Å². The van der Waals surface area contributed by atoms with Crippen molar-refractivity contribution in [1.82, 2.24) is 15.5 Å². The largest absolute Gasteiger partial charge is 0.444 e. The van der Waals surface area contributed by atoms with E-state index in [1.165, 1.54) is 4.90 Å². The number of aryl methyl sites for hydroxylation is 2. The lowest BCUT2D eigenvalue weighted by Crippen LogP contribution is -2.53. The first-order chi connectivity index (χ1) is 16.8. The zero-order chi connectivity index (χ0) is 27.5. The van der Waals surface area contributed by atoms with Gasteiger partial charge in [-0.3, -0.25) is 9.59 Å². The third-order valence-electron chi connectivity index (χ3n) is 5.66. The topological polar surface area (TPSA) is 87.7 Å². The lowest BCUT2D eigenvalue weighted by atomic mass is 9.95. The van der Waals surface area contributed by atoms with Crippen LogP contribution in [0.2, 0.25) is 0 Å². The van der Waals surface area contributed by atoms with Crippen LogP contribution in [0, 0.1) is 19.8 Å². The maximum absolute atomic E-state index is 14.0. The first-order valence-electron chi connectivity index (χ1n) is 13.1. The predicted molar refractivity (Wildman–Crippen MR) is 146 cm³/mol. The number of rotatable bonds is 13. The number of hydrogen-bond acceptors (Lipinski definition) is 4. The zero-order valence-electron chi connectivity index (χ0n) is 23.6. The van der Waals surface area contributed by atoms with Gasteiger partial charge in [0.1, 0.15) is 17.7 Å². The summed E-state index contributed by atoms with van der Waals surface area (Å²) in [4.78, 5) is 41.7. The molecule has 36 heavy (non-hydrogen) atoms. The van der Waals surface area contributed by atoms with Crippen molar-refractivity contribution in [2.45, 2.75) is 98.8 Å². The van der Waals surface area contributed by atoms with Crippen LogP contribution in [0.3, 0.4) is 0 Å². The van der Waals surface area contributed by atoms with Gasteiger partial charge in [0, 0.05) is 13.1 Å². The quantitative estimate of drug-likeness (QED) is 0.272. The molecule has 0 fully saturated rings. The summed E-state index contributed by atoms with van der Waals surface area (Å²) in [6.07, 6.45) is 4.28. The predicted octanol–water partition coefficient (Wildman–Crippen LogP) is 5.60. The summed E-state index contributed by atoms with van der Waals surface area (Å²) < 4.78 is 5.42. The number of unbranched alkanes of at least 4 members (excludes halogenated alkanes) is 2. The molecule has 1 aromatic rings. The zero-order valence-corrected chi connectivity index (χ0v) is 23.6. The van der Waals surface area contributed by atoms with Crippen LogP contribution in [0.5, 0.6) is 0 Å². The van der Waals surface area contributed by atoms with Gasteiger partial charge in [-0.05, 0) is 64.5 Å². The fourth-order valence-electron chi connectivity index (χ4n) is 4.07. The van der Waals surface area contributed by atoms with E-state index in [4.69, 9.17) is 4.74 Å². The average molecular weight is 502 g/mol. The van der Waals surface area contributed by atoms with Gasteiger partial charge in [-0.2, -0.15) is 0 Å². The maximum atomic E-state index is 14.0. The second kappa shape index (κ2) is 14.7. The van der Waals surface area contributed by atoms with Gasteiger partial charge in [-0.25, -0.2) is 4.79 Å². The third-order valence-corrected chi connectivity index (χ3v) is 5.66. The van der Waals surface area contributed by atoms with E-state index in [0.29, 0.717) is 13.0 Å². The second-order valence-corrected chi connectivity index (χ2v) is 10.9. The van der Waals surface area contributed by atoms with Crippen LogP contribution in [0.25, 0.3) is 0 Å². The molecule has 2 atom stereocenters. The van der Waals surface area contributed by atoms with E-state index in [9.17, 15) is 14.4 Å². The normalized spacial score (nSPS) is 13.0. The molecule has 7 heteroatoms. The number of ether oxygens (including phenoxy) is 1. The summed E-state index contributed by atoms with van der Waals surface area (Å²) in [6, 6.07) is 4.16. The molecule has 2 unspecified atom stereocenters. The van der Waals surface area contributed by atoms with Crippen LogP contribution in [0.15, 0.2) is 30.9 Å². The van der Waals surface area contributed by atoms with Crippen LogP contribution < -0.4 is 10.6 Å². The van der Waals surface area contributed by atoms with E-state index in [-0.39, 0.29) is 24.3 Å². The highest BCUT2D eigenvalue weighted by Crippen LogP contribution is 2.27. The van der Waals surface area contributed by atoms with Crippen molar-refractivity contribution < 1.29 is 19.1 Å². The van der Waals surface area contributed by atoms with Gasteiger partial charge >= 0.3 is 6.09 Å². The highest BCUT2D eigenvalue weighted by molar-refractivity contribution is 5.92. The smallest absolute Gasteiger partial charge is 0.408 e. The standard InChI is InChI=1S/C29H47N3O4/c1-10-12-13-16-30-26(33)25(23-15-14-21(5)19-22(23)6)32(17-11-2)27(34)24(18-20(3)4)31-28(35)36-29(7,8)9/h11,14-15,19-20,24-25H,2,10,12-13,16-18H2,1,3-9H3,(H,30,33)(H,31,35). The molecule has 0 radical (unpaired) electrons. The molecule has 7 nitrogen and oxygen atoms in total. The molecule has 0 spiro atoms. The van der Waals surface area contributed by atoms with Crippen molar-refractivity contribution >= 4 is 17.9 Å². The minimum atomic E-state index is -0.854. The van der Waals surface area contributed by atoms with Crippen molar-refractivity contribution in [1.29, 1.82) is 0 Å².